The van der Waals surface area contributed by atoms with Crippen LogP contribution in [-0.4, -0.2) is 27.4 Å². The maximum absolute atomic E-state index is 9.27. The molecule has 0 aromatic carbocycles. The summed E-state index contributed by atoms with van der Waals surface area (Å²) < 4.78 is 0. The van der Waals surface area contributed by atoms with Crippen LogP contribution in [0.2, 0.25) is 0 Å². The van der Waals surface area contributed by atoms with Gasteiger partial charge in [0.2, 0.25) is 5.13 Å². The Morgan fingerprint density at radius 3 is 2.62 bits per heavy atom. The van der Waals surface area contributed by atoms with E-state index >= 15 is 0 Å². The topological polar surface area (TPSA) is 58.0 Å². The predicted octanol–water partition coefficient (Wildman–Crippen LogP) is 1.50. The summed E-state index contributed by atoms with van der Waals surface area (Å²) in [5.41, 5.74) is 1.44. The van der Waals surface area contributed by atoms with E-state index in [1.54, 1.807) is 5.51 Å². The molecule has 74 valence electrons. The van der Waals surface area contributed by atoms with Gasteiger partial charge in [-0.1, -0.05) is 25.2 Å². The second-order valence-corrected chi connectivity index (χ2v) is 3.85. The fourth-order valence-electron chi connectivity index (χ4n) is 1.14. The van der Waals surface area contributed by atoms with Crippen LogP contribution in [0.4, 0.5) is 5.13 Å². The molecule has 1 rings (SSSR count). The van der Waals surface area contributed by atoms with E-state index in [-0.39, 0.29) is 12.1 Å². The van der Waals surface area contributed by atoms with Crippen molar-refractivity contribution in [1.82, 2.24) is 10.2 Å². The summed E-state index contributed by atoms with van der Waals surface area (Å²) in [5.74, 6) is 0. The number of nitrogens with one attached hydrogen (secondary N) is 1. The van der Waals surface area contributed by atoms with E-state index in [2.05, 4.69) is 15.5 Å². The number of rotatable bonds is 5. The number of hydrogen-bond donors (Lipinski definition) is 2. The lowest BCUT2D eigenvalue weighted by Gasteiger charge is -2.30. The van der Waals surface area contributed by atoms with Gasteiger partial charge in [0.15, 0.2) is 0 Å². The molecule has 0 aliphatic rings. The summed E-state index contributed by atoms with van der Waals surface area (Å²) in [4.78, 5) is 0. The smallest absolute Gasteiger partial charge is 0.205 e. The summed E-state index contributed by atoms with van der Waals surface area (Å²) in [7, 11) is 0. The first-order chi connectivity index (χ1) is 6.26. The molecule has 0 radical (unpaired) electrons. The Bertz CT molecular complexity index is 225. The molecular weight excluding hydrogens is 186 g/mol. The lowest BCUT2D eigenvalue weighted by atomic mass is 9.94. The Balaban J connectivity index is 2.67. The third-order valence-corrected chi connectivity index (χ3v) is 3.00. The van der Waals surface area contributed by atoms with Crippen molar-refractivity contribution in [1.29, 1.82) is 0 Å². The molecule has 0 spiro atoms. The van der Waals surface area contributed by atoms with Crippen LogP contribution in [0.3, 0.4) is 0 Å². The predicted molar refractivity (Wildman–Crippen MR) is 53.9 cm³/mol. The zero-order chi connectivity index (χ0) is 9.73. The molecule has 0 aliphatic carbocycles. The van der Waals surface area contributed by atoms with Crippen molar-refractivity contribution in [3.05, 3.63) is 5.51 Å². The van der Waals surface area contributed by atoms with Gasteiger partial charge in [-0.15, -0.1) is 10.2 Å². The standard InChI is InChI=1S/C8H15N3OS/c1-3-8(4-2,5-12)10-7-11-9-6-13-7/h6,12H,3-5H2,1-2H3,(H,10,11). The molecule has 1 heterocycles. The lowest BCUT2D eigenvalue weighted by molar-refractivity contribution is 0.202. The molecule has 0 saturated heterocycles. The van der Waals surface area contributed by atoms with Crippen molar-refractivity contribution < 1.29 is 5.11 Å². The largest absolute Gasteiger partial charge is 0.394 e. The number of hydrogen-bond acceptors (Lipinski definition) is 5. The van der Waals surface area contributed by atoms with Gasteiger partial charge in [-0.3, -0.25) is 0 Å². The fraction of sp³-hybridized carbons (Fsp3) is 0.750. The van der Waals surface area contributed by atoms with E-state index in [0.717, 1.165) is 18.0 Å². The monoisotopic (exact) mass is 201 g/mol. The van der Waals surface area contributed by atoms with Crippen LogP contribution in [-0.2, 0) is 0 Å². The highest BCUT2D eigenvalue weighted by Gasteiger charge is 2.25. The molecule has 13 heavy (non-hydrogen) atoms. The number of aliphatic hydroxyl groups is 1. The average molecular weight is 201 g/mol. The van der Waals surface area contributed by atoms with Gasteiger partial charge in [0.1, 0.15) is 5.51 Å². The molecule has 2 N–H and O–H groups in total. The number of anilines is 1. The Kier molecular flexibility index (Phi) is 3.62. The normalized spacial score (nSPS) is 11.6. The van der Waals surface area contributed by atoms with E-state index in [0.29, 0.717) is 0 Å². The van der Waals surface area contributed by atoms with Crippen LogP contribution in [0.1, 0.15) is 26.7 Å². The van der Waals surface area contributed by atoms with Gasteiger partial charge in [-0.2, -0.15) is 0 Å². The van der Waals surface area contributed by atoms with E-state index < -0.39 is 0 Å². The van der Waals surface area contributed by atoms with Gasteiger partial charge < -0.3 is 10.4 Å². The quantitative estimate of drug-likeness (QED) is 0.758. The van der Waals surface area contributed by atoms with Crippen LogP contribution in [0.25, 0.3) is 0 Å². The minimum absolute atomic E-state index is 0.125. The van der Waals surface area contributed by atoms with Crippen LogP contribution < -0.4 is 5.32 Å². The molecule has 4 nitrogen and oxygen atoms in total. The van der Waals surface area contributed by atoms with Crippen molar-refractivity contribution in [2.45, 2.75) is 32.2 Å². The van der Waals surface area contributed by atoms with Crippen LogP contribution in [0, 0.1) is 0 Å². The van der Waals surface area contributed by atoms with Gasteiger partial charge in [0.05, 0.1) is 12.1 Å². The van der Waals surface area contributed by atoms with Crippen molar-refractivity contribution in [2.75, 3.05) is 11.9 Å². The maximum atomic E-state index is 9.27. The molecule has 1 aromatic heterocycles. The highest BCUT2D eigenvalue weighted by Crippen LogP contribution is 2.22. The first kappa shape index (κ1) is 10.4. The van der Waals surface area contributed by atoms with Crippen molar-refractivity contribution in [3.63, 3.8) is 0 Å². The van der Waals surface area contributed by atoms with E-state index in [4.69, 9.17) is 0 Å². The molecule has 5 heteroatoms. The molecule has 0 saturated carbocycles. The fourth-order valence-corrected chi connectivity index (χ4v) is 1.71. The first-order valence-corrected chi connectivity index (χ1v) is 5.29. The van der Waals surface area contributed by atoms with Crippen molar-refractivity contribution in [2.24, 2.45) is 0 Å². The van der Waals surface area contributed by atoms with Crippen LogP contribution in [0.5, 0.6) is 0 Å². The Morgan fingerprint density at radius 2 is 2.23 bits per heavy atom. The zero-order valence-electron chi connectivity index (χ0n) is 7.95. The lowest BCUT2D eigenvalue weighted by Crippen LogP contribution is -2.40. The van der Waals surface area contributed by atoms with Crippen LogP contribution >= 0.6 is 11.3 Å². The second kappa shape index (κ2) is 4.53. The molecule has 0 bridgehead atoms. The summed E-state index contributed by atoms with van der Waals surface area (Å²) in [6, 6.07) is 0. The molecule has 1 aromatic rings. The zero-order valence-corrected chi connectivity index (χ0v) is 8.77. The summed E-state index contributed by atoms with van der Waals surface area (Å²) in [6.45, 7) is 4.22. The number of nitrogens with zero attached hydrogens (tertiary/aromatic N) is 2. The SMILES string of the molecule is CCC(CC)(CO)Nc1nncs1. The minimum atomic E-state index is -0.237. The van der Waals surface area contributed by atoms with Gasteiger partial charge in [0.25, 0.3) is 0 Å². The molecule has 0 fully saturated rings. The van der Waals surface area contributed by atoms with Crippen molar-refractivity contribution >= 4 is 16.5 Å². The summed E-state index contributed by atoms with van der Waals surface area (Å²) >= 11 is 1.45. The van der Waals surface area contributed by atoms with Gasteiger partial charge >= 0.3 is 0 Å². The van der Waals surface area contributed by atoms with Gasteiger partial charge in [-0.25, -0.2) is 0 Å². The van der Waals surface area contributed by atoms with Gasteiger partial charge in [-0.05, 0) is 12.8 Å². The third-order valence-electron chi connectivity index (χ3n) is 2.39. The second-order valence-electron chi connectivity index (χ2n) is 3.01. The van der Waals surface area contributed by atoms with E-state index in [1.807, 2.05) is 13.8 Å². The third kappa shape index (κ3) is 2.38. The summed E-state index contributed by atoms with van der Waals surface area (Å²) in [6.07, 6.45) is 1.75. The van der Waals surface area contributed by atoms with E-state index in [9.17, 15) is 5.11 Å². The summed E-state index contributed by atoms with van der Waals surface area (Å²) in [5, 5.41) is 20.9. The maximum Gasteiger partial charge on any atom is 0.205 e. The number of aromatic nitrogens is 2. The van der Waals surface area contributed by atoms with E-state index in [1.165, 1.54) is 11.3 Å². The average Bonchev–Trinajstić information content (AvgIpc) is 2.67. The molecule has 0 amide bonds. The highest BCUT2D eigenvalue weighted by atomic mass is 32.1. The Hall–Kier alpha value is -0.680. The molecule has 0 unspecified atom stereocenters. The Labute approximate surface area is 82.0 Å². The minimum Gasteiger partial charge on any atom is -0.394 e. The highest BCUT2D eigenvalue weighted by molar-refractivity contribution is 7.13. The molecular formula is C8H15N3OS. The number of aliphatic hydroxyl groups excluding tert-OH is 1. The van der Waals surface area contributed by atoms with Crippen LogP contribution in [0.15, 0.2) is 5.51 Å². The van der Waals surface area contributed by atoms with Crippen molar-refractivity contribution in [3.8, 4) is 0 Å². The first-order valence-electron chi connectivity index (χ1n) is 4.41. The Morgan fingerprint density at radius 1 is 1.54 bits per heavy atom. The molecule has 0 aliphatic heterocycles. The van der Waals surface area contributed by atoms with Gasteiger partial charge in [0, 0.05) is 0 Å². The molecule has 0 atom stereocenters.